The molecule has 4 heteroatoms. The molecule has 4 nitrogen and oxygen atoms in total. The van der Waals surface area contributed by atoms with Crippen LogP contribution in [0.15, 0.2) is 73.1 Å². The van der Waals surface area contributed by atoms with Crippen molar-refractivity contribution in [2.75, 3.05) is 5.32 Å². The van der Waals surface area contributed by atoms with Crippen molar-refractivity contribution in [3.05, 3.63) is 78.6 Å². The van der Waals surface area contributed by atoms with Crippen LogP contribution in [0.1, 0.15) is 24.8 Å². The van der Waals surface area contributed by atoms with E-state index in [0.717, 1.165) is 47.4 Å². The first-order chi connectivity index (χ1) is 14.2. The number of hydrogen-bond acceptors (Lipinski definition) is 2. The second-order valence-electron chi connectivity index (χ2n) is 7.85. The Morgan fingerprint density at radius 2 is 1.66 bits per heavy atom. The SMILES string of the molecule is Cc1cc(NC(=O)C2CCC2)c2nc(-c3ccc(-c4ccccc4)cc3)cn2c1. The Labute approximate surface area is 170 Å². The van der Waals surface area contributed by atoms with E-state index in [-0.39, 0.29) is 11.8 Å². The van der Waals surface area contributed by atoms with Crippen molar-refractivity contribution in [2.45, 2.75) is 26.2 Å². The zero-order chi connectivity index (χ0) is 19.8. The maximum absolute atomic E-state index is 12.5. The number of anilines is 1. The molecule has 1 aliphatic carbocycles. The molecule has 0 radical (unpaired) electrons. The van der Waals surface area contributed by atoms with Crippen molar-refractivity contribution in [2.24, 2.45) is 5.92 Å². The first-order valence-corrected chi connectivity index (χ1v) is 10.1. The highest BCUT2D eigenvalue weighted by Crippen LogP contribution is 2.30. The highest BCUT2D eigenvalue weighted by atomic mass is 16.1. The van der Waals surface area contributed by atoms with Gasteiger partial charge in [0.15, 0.2) is 5.65 Å². The van der Waals surface area contributed by atoms with Crippen LogP contribution in [0.25, 0.3) is 28.0 Å². The van der Waals surface area contributed by atoms with Crippen molar-refractivity contribution >= 4 is 17.2 Å². The van der Waals surface area contributed by atoms with Crippen LogP contribution in [-0.2, 0) is 4.79 Å². The predicted molar refractivity (Wildman–Crippen MR) is 117 cm³/mol. The summed E-state index contributed by atoms with van der Waals surface area (Å²) in [5, 5.41) is 3.10. The summed E-state index contributed by atoms with van der Waals surface area (Å²) in [5.74, 6) is 0.260. The molecule has 1 amide bonds. The second-order valence-corrected chi connectivity index (χ2v) is 7.85. The highest BCUT2D eigenvalue weighted by molar-refractivity contribution is 5.96. The molecule has 0 unspecified atom stereocenters. The first-order valence-electron chi connectivity index (χ1n) is 10.1. The van der Waals surface area contributed by atoms with E-state index in [1.807, 2.05) is 48.0 Å². The van der Waals surface area contributed by atoms with E-state index in [1.165, 1.54) is 11.1 Å². The Morgan fingerprint density at radius 3 is 2.34 bits per heavy atom. The maximum atomic E-state index is 12.5. The monoisotopic (exact) mass is 381 g/mol. The van der Waals surface area contributed by atoms with Crippen molar-refractivity contribution < 1.29 is 4.79 Å². The molecule has 2 aromatic carbocycles. The number of benzene rings is 2. The molecule has 0 atom stereocenters. The lowest BCUT2D eigenvalue weighted by Gasteiger charge is -2.24. The van der Waals surface area contributed by atoms with Crippen LogP contribution in [0.3, 0.4) is 0 Å². The number of amides is 1. The Hall–Kier alpha value is -3.40. The molecule has 0 bridgehead atoms. The molecule has 1 N–H and O–H groups in total. The molecule has 0 saturated heterocycles. The summed E-state index contributed by atoms with van der Waals surface area (Å²) < 4.78 is 2.01. The number of aromatic nitrogens is 2. The van der Waals surface area contributed by atoms with Crippen molar-refractivity contribution in [3.63, 3.8) is 0 Å². The van der Waals surface area contributed by atoms with Crippen molar-refractivity contribution in [1.29, 1.82) is 0 Å². The Kier molecular flexibility index (Phi) is 4.39. The minimum absolute atomic E-state index is 0.112. The number of fused-ring (bicyclic) bond motifs is 1. The molecule has 29 heavy (non-hydrogen) atoms. The quantitative estimate of drug-likeness (QED) is 0.492. The standard InChI is InChI=1S/C25H23N3O/c1-17-14-22(27-25(29)21-8-5-9-21)24-26-23(16-28(24)15-17)20-12-10-19(11-13-20)18-6-3-2-4-7-18/h2-4,6-7,10-16,21H,5,8-9H2,1H3,(H,27,29). The van der Waals surface area contributed by atoms with Crippen LogP contribution >= 0.6 is 0 Å². The number of carbonyl (C=O) groups is 1. The zero-order valence-electron chi connectivity index (χ0n) is 16.4. The van der Waals surface area contributed by atoms with Gasteiger partial charge in [-0.2, -0.15) is 0 Å². The molecular formula is C25H23N3O. The molecule has 1 aliphatic rings. The number of rotatable bonds is 4. The molecule has 5 rings (SSSR count). The van der Waals surface area contributed by atoms with Crippen LogP contribution in [0.5, 0.6) is 0 Å². The molecular weight excluding hydrogens is 358 g/mol. The van der Waals surface area contributed by atoms with Crippen molar-refractivity contribution in [3.8, 4) is 22.4 Å². The summed E-state index contributed by atoms with van der Waals surface area (Å²) in [6, 6.07) is 20.8. The number of hydrogen-bond donors (Lipinski definition) is 1. The maximum Gasteiger partial charge on any atom is 0.227 e. The fraction of sp³-hybridized carbons (Fsp3) is 0.200. The topological polar surface area (TPSA) is 46.4 Å². The summed E-state index contributed by atoms with van der Waals surface area (Å²) in [7, 11) is 0. The molecule has 1 saturated carbocycles. The Balaban J connectivity index is 1.48. The zero-order valence-corrected chi connectivity index (χ0v) is 16.4. The number of carbonyl (C=O) groups excluding carboxylic acids is 1. The van der Waals surface area contributed by atoms with Gasteiger partial charge in [-0.25, -0.2) is 4.98 Å². The first kappa shape index (κ1) is 17.7. The van der Waals surface area contributed by atoms with Gasteiger partial charge in [0, 0.05) is 23.9 Å². The van der Waals surface area contributed by atoms with Gasteiger partial charge in [0.25, 0.3) is 0 Å². The summed E-state index contributed by atoms with van der Waals surface area (Å²) >= 11 is 0. The molecule has 4 aromatic rings. The number of imidazole rings is 1. The minimum Gasteiger partial charge on any atom is -0.323 e. The van der Waals surface area contributed by atoms with Gasteiger partial charge in [-0.3, -0.25) is 4.79 Å². The number of aryl methyl sites for hydroxylation is 1. The molecule has 2 heterocycles. The van der Waals surface area contributed by atoms with Gasteiger partial charge in [0.05, 0.1) is 11.4 Å². The third-order valence-electron chi connectivity index (χ3n) is 5.71. The van der Waals surface area contributed by atoms with E-state index < -0.39 is 0 Å². The van der Waals surface area contributed by atoms with Gasteiger partial charge >= 0.3 is 0 Å². The van der Waals surface area contributed by atoms with E-state index in [2.05, 4.69) is 41.7 Å². The second kappa shape index (κ2) is 7.21. The molecule has 1 fully saturated rings. The van der Waals surface area contributed by atoms with Crippen LogP contribution in [0.2, 0.25) is 0 Å². The third-order valence-corrected chi connectivity index (χ3v) is 5.71. The Bertz CT molecular complexity index is 1170. The van der Waals surface area contributed by atoms with Crippen LogP contribution < -0.4 is 5.32 Å². The van der Waals surface area contributed by atoms with E-state index in [9.17, 15) is 4.79 Å². The van der Waals surface area contributed by atoms with Gasteiger partial charge in [-0.1, -0.05) is 61.0 Å². The molecule has 0 aliphatic heterocycles. The largest absolute Gasteiger partial charge is 0.323 e. The summed E-state index contributed by atoms with van der Waals surface area (Å²) in [6.45, 7) is 2.03. The lowest BCUT2D eigenvalue weighted by atomic mass is 9.85. The van der Waals surface area contributed by atoms with Gasteiger partial charge in [0.2, 0.25) is 5.91 Å². The molecule has 2 aromatic heterocycles. The van der Waals surface area contributed by atoms with Crippen LogP contribution in [0, 0.1) is 12.8 Å². The van der Waals surface area contributed by atoms with Crippen LogP contribution in [0.4, 0.5) is 5.69 Å². The fourth-order valence-corrected chi connectivity index (χ4v) is 3.84. The van der Waals surface area contributed by atoms with E-state index in [1.54, 1.807) is 0 Å². The van der Waals surface area contributed by atoms with Gasteiger partial charge in [0.1, 0.15) is 0 Å². The van der Waals surface area contributed by atoms with E-state index >= 15 is 0 Å². The minimum atomic E-state index is 0.112. The third kappa shape index (κ3) is 3.42. The lowest BCUT2D eigenvalue weighted by molar-refractivity contribution is -0.122. The van der Waals surface area contributed by atoms with Gasteiger partial charge in [-0.05, 0) is 42.5 Å². The van der Waals surface area contributed by atoms with Crippen molar-refractivity contribution in [1.82, 2.24) is 9.38 Å². The Morgan fingerprint density at radius 1 is 0.966 bits per heavy atom. The predicted octanol–water partition coefficient (Wildman–Crippen LogP) is 5.72. The fourth-order valence-electron chi connectivity index (χ4n) is 3.84. The normalized spacial score (nSPS) is 14.0. The smallest absolute Gasteiger partial charge is 0.227 e. The number of nitrogens with one attached hydrogen (secondary N) is 1. The van der Waals surface area contributed by atoms with Gasteiger partial charge in [-0.15, -0.1) is 0 Å². The molecule has 0 spiro atoms. The van der Waals surface area contributed by atoms with E-state index in [0.29, 0.717) is 0 Å². The average molecular weight is 381 g/mol. The summed E-state index contributed by atoms with van der Waals surface area (Å²) in [6.07, 6.45) is 7.19. The molecule has 144 valence electrons. The summed E-state index contributed by atoms with van der Waals surface area (Å²) in [4.78, 5) is 17.3. The lowest BCUT2D eigenvalue weighted by Crippen LogP contribution is -2.28. The number of pyridine rings is 1. The van der Waals surface area contributed by atoms with Gasteiger partial charge < -0.3 is 9.72 Å². The highest BCUT2D eigenvalue weighted by Gasteiger charge is 2.26. The average Bonchev–Trinajstić information content (AvgIpc) is 3.11. The van der Waals surface area contributed by atoms with E-state index in [4.69, 9.17) is 4.98 Å². The summed E-state index contributed by atoms with van der Waals surface area (Å²) in [5.41, 5.74) is 6.99. The number of nitrogens with zero attached hydrogens (tertiary/aromatic N) is 2. The van der Waals surface area contributed by atoms with Crippen LogP contribution in [-0.4, -0.2) is 15.3 Å².